The van der Waals surface area contributed by atoms with E-state index in [2.05, 4.69) is 15.3 Å². The Kier molecular flexibility index (Phi) is 4.30. The molecule has 0 fully saturated rings. The number of benzene rings is 1. The first kappa shape index (κ1) is 13.3. The maximum absolute atomic E-state index is 5.77. The number of nitrogens with one attached hydrogen (secondary N) is 1. The number of hydrogen-bond donors (Lipinski definition) is 2. The minimum absolute atomic E-state index is 0.365. The second-order valence-electron chi connectivity index (χ2n) is 4.23. The highest BCUT2D eigenvalue weighted by atomic mass is 16.5. The lowest BCUT2D eigenvalue weighted by atomic mass is 10.2. The molecule has 2 aromatic rings. The molecule has 0 saturated carbocycles. The minimum atomic E-state index is 0.365. The molecule has 100 valence electrons. The highest BCUT2D eigenvalue weighted by Gasteiger charge is 2.03. The molecule has 19 heavy (non-hydrogen) atoms. The Morgan fingerprint density at radius 2 is 2.11 bits per heavy atom. The van der Waals surface area contributed by atoms with Crippen molar-refractivity contribution in [2.45, 2.75) is 20.5 Å². The minimum Gasteiger partial charge on any atom is -0.384 e. The van der Waals surface area contributed by atoms with Crippen LogP contribution in [0, 0.1) is 6.92 Å². The first-order valence-electron chi connectivity index (χ1n) is 6.22. The zero-order chi connectivity index (χ0) is 13.7. The number of anilines is 3. The van der Waals surface area contributed by atoms with Crippen LogP contribution in [0.2, 0.25) is 0 Å². The van der Waals surface area contributed by atoms with Crippen molar-refractivity contribution in [3.05, 3.63) is 41.7 Å². The lowest BCUT2D eigenvalue weighted by Crippen LogP contribution is -2.05. The molecule has 0 saturated heterocycles. The zero-order valence-electron chi connectivity index (χ0n) is 11.2. The van der Waals surface area contributed by atoms with Gasteiger partial charge in [-0.15, -0.1) is 0 Å². The largest absolute Gasteiger partial charge is 0.384 e. The highest BCUT2D eigenvalue weighted by molar-refractivity contribution is 5.59. The van der Waals surface area contributed by atoms with Gasteiger partial charge in [0.2, 0.25) is 0 Å². The van der Waals surface area contributed by atoms with Crippen molar-refractivity contribution in [1.29, 1.82) is 0 Å². The van der Waals surface area contributed by atoms with Crippen LogP contribution in [0.1, 0.15) is 18.3 Å². The number of rotatable bonds is 5. The molecule has 0 amide bonds. The Bertz CT molecular complexity index is 557. The molecule has 3 N–H and O–H groups in total. The summed E-state index contributed by atoms with van der Waals surface area (Å²) in [6.45, 7) is 4.96. The zero-order valence-corrected chi connectivity index (χ0v) is 11.2. The van der Waals surface area contributed by atoms with Crippen LogP contribution in [0.4, 0.5) is 17.3 Å². The monoisotopic (exact) mass is 258 g/mol. The van der Waals surface area contributed by atoms with Gasteiger partial charge in [-0.3, -0.25) is 0 Å². The Hall–Kier alpha value is -2.14. The molecule has 0 aliphatic rings. The van der Waals surface area contributed by atoms with E-state index in [0.717, 1.165) is 5.69 Å². The quantitative estimate of drug-likeness (QED) is 0.862. The Balaban J connectivity index is 2.17. The number of hydrogen-bond acceptors (Lipinski definition) is 5. The van der Waals surface area contributed by atoms with Crippen molar-refractivity contribution < 1.29 is 4.74 Å². The van der Waals surface area contributed by atoms with Gasteiger partial charge in [-0.2, -0.15) is 0 Å². The molecule has 0 atom stereocenters. The van der Waals surface area contributed by atoms with Gasteiger partial charge in [-0.1, -0.05) is 12.1 Å². The molecule has 2 rings (SSSR count). The number of nitrogens with two attached hydrogens (primary N) is 1. The average Bonchev–Trinajstić information content (AvgIpc) is 2.35. The van der Waals surface area contributed by atoms with E-state index in [1.54, 1.807) is 6.07 Å². The van der Waals surface area contributed by atoms with Crippen LogP contribution < -0.4 is 11.1 Å². The van der Waals surface area contributed by atoms with Crippen LogP contribution in [-0.4, -0.2) is 16.6 Å². The summed E-state index contributed by atoms with van der Waals surface area (Å²) in [6, 6.07) is 9.76. The van der Waals surface area contributed by atoms with Crippen LogP contribution in [-0.2, 0) is 11.3 Å². The van der Waals surface area contributed by atoms with Gasteiger partial charge in [0.15, 0.2) is 5.82 Å². The highest BCUT2D eigenvalue weighted by Crippen LogP contribution is 2.17. The van der Waals surface area contributed by atoms with Crippen LogP contribution in [0.25, 0.3) is 0 Å². The van der Waals surface area contributed by atoms with E-state index in [4.69, 9.17) is 10.5 Å². The first-order chi connectivity index (χ1) is 9.17. The number of aromatic nitrogens is 2. The Morgan fingerprint density at radius 1 is 1.26 bits per heavy atom. The second kappa shape index (κ2) is 6.15. The summed E-state index contributed by atoms with van der Waals surface area (Å²) >= 11 is 0. The fraction of sp³-hybridized carbons (Fsp3) is 0.286. The van der Waals surface area contributed by atoms with Crippen molar-refractivity contribution in [1.82, 2.24) is 9.97 Å². The number of nitrogen functional groups attached to an aromatic ring is 1. The summed E-state index contributed by atoms with van der Waals surface area (Å²) in [5, 5.41) is 3.22. The van der Waals surface area contributed by atoms with Gasteiger partial charge in [0.05, 0.1) is 0 Å². The molecule has 0 unspecified atom stereocenters. The molecule has 1 aromatic heterocycles. The van der Waals surface area contributed by atoms with E-state index in [1.165, 1.54) is 5.56 Å². The standard InChI is InChI=1S/C14H18N4O/c1-3-19-9-14-17-12(15)8-13(18-14)16-11-6-4-5-10(2)7-11/h4-8H,3,9H2,1-2H3,(H3,15,16,17,18). The second-order valence-corrected chi connectivity index (χ2v) is 4.23. The number of ether oxygens (including phenoxy) is 1. The van der Waals surface area contributed by atoms with E-state index >= 15 is 0 Å². The predicted octanol–water partition coefficient (Wildman–Crippen LogP) is 2.65. The van der Waals surface area contributed by atoms with E-state index < -0.39 is 0 Å². The molecular weight excluding hydrogens is 240 g/mol. The van der Waals surface area contributed by atoms with Gasteiger partial charge in [-0.05, 0) is 31.5 Å². The van der Waals surface area contributed by atoms with Gasteiger partial charge < -0.3 is 15.8 Å². The smallest absolute Gasteiger partial charge is 0.158 e. The molecule has 0 aliphatic carbocycles. The van der Waals surface area contributed by atoms with Crippen molar-refractivity contribution in [2.75, 3.05) is 17.7 Å². The van der Waals surface area contributed by atoms with E-state index in [-0.39, 0.29) is 0 Å². The van der Waals surface area contributed by atoms with Gasteiger partial charge in [0, 0.05) is 18.4 Å². The fourth-order valence-corrected chi connectivity index (χ4v) is 1.71. The van der Waals surface area contributed by atoms with Gasteiger partial charge in [-0.25, -0.2) is 9.97 Å². The third-order valence-corrected chi connectivity index (χ3v) is 2.52. The van der Waals surface area contributed by atoms with E-state index in [0.29, 0.717) is 30.7 Å². The molecule has 5 nitrogen and oxygen atoms in total. The Morgan fingerprint density at radius 3 is 2.84 bits per heavy atom. The summed E-state index contributed by atoms with van der Waals surface area (Å²) in [4.78, 5) is 8.50. The fourth-order valence-electron chi connectivity index (χ4n) is 1.71. The van der Waals surface area contributed by atoms with Crippen molar-refractivity contribution in [3.63, 3.8) is 0 Å². The molecule has 0 spiro atoms. The summed E-state index contributed by atoms with van der Waals surface area (Å²) in [7, 11) is 0. The average molecular weight is 258 g/mol. The van der Waals surface area contributed by atoms with Gasteiger partial charge >= 0.3 is 0 Å². The van der Waals surface area contributed by atoms with Crippen LogP contribution in [0.5, 0.6) is 0 Å². The van der Waals surface area contributed by atoms with E-state index in [1.807, 2.05) is 38.1 Å². The normalized spacial score (nSPS) is 10.4. The molecule has 1 heterocycles. The third kappa shape index (κ3) is 3.93. The van der Waals surface area contributed by atoms with Crippen molar-refractivity contribution in [2.24, 2.45) is 0 Å². The van der Waals surface area contributed by atoms with Gasteiger partial charge in [0.1, 0.15) is 18.2 Å². The first-order valence-corrected chi connectivity index (χ1v) is 6.22. The maximum Gasteiger partial charge on any atom is 0.158 e. The van der Waals surface area contributed by atoms with Crippen molar-refractivity contribution in [3.8, 4) is 0 Å². The SMILES string of the molecule is CCOCc1nc(N)cc(Nc2cccc(C)c2)n1. The maximum atomic E-state index is 5.77. The topological polar surface area (TPSA) is 73.1 Å². The molecule has 1 aromatic carbocycles. The summed E-state index contributed by atoms with van der Waals surface area (Å²) in [5.74, 6) is 1.68. The molecule has 0 radical (unpaired) electrons. The van der Waals surface area contributed by atoms with Crippen LogP contribution >= 0.6 is 0 Å². The number of aryl methyl sites for hydroxylation is 1. The molecule has 5 heteroatoms. The van der Waals surface area contributed by atoms with E-state index in [9.17, 15) is 0 Å². The lowest BCUT2D eigenvalue weighted by Gasteiger charge is -2.09. The Labute approximate surface area is 112 Å². The van der Waals surface area contributed by atoms with Crippen LogP contribution in [0.3, 0.4) is 0 Å². The molecule has 0 aliphatic heterocycles. The third-order valence-electron chi connectivity index (χ3n) is 2.52. The predicted molar refractivity (Wildman–Crippen MR) is 76.2 cm³/mol. The molecule has 0 bridgehead atoms. The van der Waals surface area contributed by atoms with Crippen molar-refractivity contribution >= 4 is 17.3 Å². The summed E-state index contributed by atoms with van der Waals surface area (Å²) in [6.07, 6.45) is 0. The summed E-state index contributed by atoms with van der Waals surface area (Å²) < 4.78 is 5.29. The lowest BCUT2D eigenvalue weighted by molar-refractivity contribution is 0.128. The summed E-state index contributed by atoms with van der Waals surface area (Å²) in [5.41, 5.74) is 7.92. The molecular formula is C14H18N4O. The van der Waals surface area contributed by atoms with Gasteiger partial charge in [0.25, 0.3) is 0 Å². The van der Waals surface area contributed by atoms with Crippen LogP contribution in [0.15, 0.2) is 30.3 Å². The number of nitrogens with zero attached hydrogens (tertiary/aromatic N) is 2.